The van der Waals surface area contributed by atoms with Crippen molar-refractivity contribution in [2.24, 2.45) is 5.92 Å². The van der Waals surface area contributed by atoms with Crippen LogP contribution in [0.4, 0.5) is 5.13 Å². The first-order valence-corrected chi connectivity index (χ1v) is 14.6. The van der Waals surface area contributed by atoms with Gasteiger partial charge in [-0.1, -0.05) is 49.4 Å². The lowest BCUT2D eigenvalue weighted by Gasteiger charge is -2.24. The number of aryl methyl sites for hydroxylation is 2. The van der Waals surface area contributed by atoms with E-state index in [2.05, 4.69) is 13.8 Å². The lowest BCUT2D eigenvalue weighted by Crippen LogP contribution is -2.29. The number of ketones is 1. The molecule has 1 aliphatic rings. The molecule has 9 heteroatoms. The first kappa shape index (κ1) is 29.1. The molecule has 8 nitrogen and oxygen atoms in total. The van der Waals surface area contributed by atoms with Gasteiger partial charge in [0.05, 0.1) is 42.7 Å². The van der Waals surface area contributed by atoms with Crippen LogP contribution >= 0.6 is 11.3 Å². The minimum absolute atomic E-state index is 0.0454. The number of aromatic nitrogens is 1. The fraction of sp³-hybridized carbons (Fsp3) is 0.303. The molecule has 3 aromatic carbocycles. The number of methoxy groups -OCH3 is 2. The quantitative estimate of drug-likeness (QED) is 0.128. The molecule has 1 amide bonds. The minimum atomic E-state index is -0.961. The Labute approximate surface area is 249 Å². The second-order valence-electron chi connectivity index (χ2n) is 10.8. The molecule has 4 aromatic rings. The maximum absolute atomic E-state index is 13.7. The fourth-order valence-corrected chi connectivity index (χ4v) is 6.28. The highest BCUT2D eigenvalue weighted by Gasteiger charge is 2.48. The van der Waals surface area contributed by atoms with Crippen molar-refractivity contribution in [1.29, 1.82) is 0 Å². The largest absolute Gasteiger partial charge is 0.507 e. The van der Waals surface area contributed by atoms with Gasteiger partial charge in [0, 0.05) is 5.56 Å². The Bertz CT molecular complexity index is 1710. The number of ether oxygens (including phenoxy) is 3. The molecule has 0 spiro atoms. The number of benzene rings is 3. The average Bonchev–Trinajstić information content (AvgIpc) is 3.50. The molecule has 0 saturated carbocycles. The van der Waals surface area contributed by atoms with Crippen LogP contribution in [0.3, 0.4) is 0 Å². The van der Waals surface area contributed by atoms with Crippen LogP contribution in [0.25, 0.3) is 16.0 Å². The normalized spacial score (nSPS) is 16.5. The number of hydrogen-bond acceptors (Lipinski definition) is 8. The number of aliphatic hydroxyl groups excluding tert-OH is 1. The summed E-state index contributed by atoms with van der Waals surface area (Å²) in [6, 6.07) is 15.1. The Balaban J connectivity index is 1.69. The van der Waals surface area contributed by atoms with Crippen molar-refractivity contribution in [1.82, 2.24) is 4.98 Å². The second kappa shape index (κ2) is 11.9. The minimum Gasteiger partial charge on any atom is -0.507 e. The van der Waals surface area contributed by atoms with Crippen LogP contribution in [0.15, 0.2) is 60.2 Å². The fourth-order valence-electron chi connectivity index (χ4n) is 5.11. The number of Topliss-reactive ketones (excluding diaryl/α,β-unsaturated/α-hetero) is 1. The molecule has 2 heterocycles. The maximum Gasteiger partial charge on any atom is 0.301 e. The van der Waals surface area contributed by atoms with Gasteiger partial charge in [0.25, 0.3) is 5.78 Å². The van der Waals surface area contributed by atoms with Crippen molar-refractivity contribution < 1.29 is 28.9 Å². The summed E-state index contributed by atoms with van der Waals surface area (Å²) < 4.78 is 17.9. The van der Waals surface area contributed by atoms with Gasteiger partial charge in [0.15, 0.2) is 16.6 Å². The van der Waals surface area contributed by atoms with Gasteiger partial charge in [-0.05, 0) is 73.2 Å². The van der Waals surface area contributed by atoms with E-state index >= 15 is 0 Å². The second-order valence-corrected chi connectivity index (χ2v) is 11.8. The van der Waals surface area contributed by atoms with Gasteiger partial charge in [-0.25, -0.2) is 4.98 Å². The molecule has 1 saturated heterocycles. The van der Waals surface area contributed by atoms with Crippen LogP contribution in [-0.2, 0) is 9.59 Å². The van der Waals surface area contributed by atoms with Crippen LogP contribution in [0, 0.1) is 19.8 Å². The van der Waals surface area contributed by atoms with E-state index in [0.717, 1.165) is 27.8 Å². The van der Waals surface area contributed by atoms with E-state index in [-0.39, 0.29) is 11.3 Å². The molecule has 0 bridgehead atoms. The van der Waals surface area contributed by atoms with Crippen molar-refractivity contribution in [3.63, 3.8) is 0 Å². The van der Waals surface area contributed by atoms with Crippen LogP contribution in [-0.4, -0.2) is 42.6 Å². The van der Waals surface area contributed by atoms with Gasteiger partial charge >= 0.3 is 5.91 Å². The smallest absolute Gasteiger partial charge is 0.301 e. The van der Waals surface area contributed by atoms with E-state index in [4.69, 9.17) is 19.2 Å². The van der Waals surface area contributed by atoms with Crippen molar-refractivity contribution in [2.75, 3.05) is 25.7 Å². The molecule has 1 aliphatic heterocycles. The number of fused-ring (bicyclic) bond motifs is 1. The third-order valence-electron chi connectivity index (χ3n) is 7.27. The monoisotopic (exact) mass is 586 g/mol. The highest BCUT2D eigenvalue weighted by Crippen LogP contribution is 2.46. The summed E-state index contributed by atoms with van der Waals surface area (Å²) in [4.78, 5) is 33.6. The number of amides is 1. The highest BCUT2D eigenvalue weighted by atomic mass is 32.1. The van der Waals surface area contributed by atoms with Crippen molar-refractivity contribution >= 4 is 44.1 Å². The summed E-state index contributed by atoms with van der Waals surface area (Å²) in [6.07, 6.45) is 0.877. The van der Waals surface area contributed by atoms with E-state index < -0.39 is 17.7 Å². The van der Waals surface area contributed by atoms with Crippen LogP contribution < -0.4 is 19.1 Å². The van der Waals surface area contributed by atoms with Gasteiger partial charge in [-0.2, -0.15) is 0 Å². The number of aliphatic hydroxyl groups is 1. The zero-order valence-corrected chi connectivity index (χ0v) is 25.4. The van der Waals surface area contributed by atoms with Crippen LogP contribution in [0.1, 0.15) is 48.6 Å². The third-order valence-corrected chi connectivity index (χ3v) is 8.27. The third kappa shape index (κ3) is 5.44. The zero-order chi connectivity index (χ0) is 30.1. The first-order chi connectivity index (χ1) is 20.1. The molecule has 1 fully saturated rings. The van der Waals surface area contributed by atoms with Gasteiger partial charge in [-0.15, -0.1) is 0 Å². The SMILES string of the molecule is COc1cccc(/C(O)=C2\C(=O)C(=O)N(c3nc4c(C)cc(C)cc4s3)C2c2ccc(OCCC(C)C)c(OC)c2)c1. The number of thiazole rings is 1. The lowest BCUT2D eigenvalue weighted by molar-refractivity contribution is -0.132. The van der Waals surface area contributed by atoms with Crippen LogP contribution in [0.5, 0.6) is 17.2 Å². The summed E-state index contributed by atoms with van der Waals surface area (Å²) >= 11 is 1.33. The molecule has 1 atom stereocenters. The van der Waals surface area contributed by atoms with E-state index in [0.29, 0.717) is 46.0 Å². The summed E-state index contributed by atoms with van der Waals surface area (Å²) in [5, 5.41) is 11.9. The zero-order valence-electron chi connectivity index (χ0n) is 24.6. The van der Waals surface area contributed by atoms with E-state index in [1.807, 2.05) is 26.0 Å². The number of rotatable bonds is 9. The van der Waals surface area contributed by atoms with Crippen LogP contribution in [0.2, 0.25) is 0 Å². The molecule has 1 N–H and O–H groups in total. The Morgan fingerprint density at radius 3 is 2.52 bits per heavy atom. The predicted molar refractivity (Wildman–Crippen MR) is 165 cm³/mol. The number of hydrogen-bond donors (Lipinski definition) is 1. The molecule has 1 aromatic heterocycles. The number of nitrogens with zero attached hydrogens (tertiary/aromatic N) is 2. The Morgan fingerprint density at radius 2 is 1.81 bits per heavy atom. The summed E-state index contributed by atoms with van der Waals surface area (Å²) in [6.45, 7) is 8.74. The van der Waals surface area contributed by atoms with Crippen molar-refractivity contribution in [3.8, 4) is 17.2 Å². The van der Waals surface area contributed by atoms with E-state index in [1.54, 1.807) is 49.6 Å². The molecular formula is C33H34N2O6S. The van der Waals surface area contributed by atoms with Gasteiger partial charge in [-0.3, -0.25) is 14.5 Å². The number of carbonyl (C=O) groups is 2. The molecule has 5 rings (SSSR count). The standard InChI is InChI=1S/C33H34N2O6S/c1-18(2)12-13-41-24-11-10-21(17-25(24)40-6)29-27(30(36)22-8-7-9-23(16-22)39-5)31(37)32(38)35(29)33-34-28-20(4)14-19(3)15-26(28)42-33/h7-11,14-18,29,36H,12-13H2,1-6H3/b30-27+. The molecule has 42 heavy (non-hydrogen) atoms. The van der Waals surface area contributed by atoms with E-state index in [1.165, 1.54) is 23.3 Å². The predicted octanol–water partition coefficient (Wildman–Crippen LogP) is 6.98. The molecule has 218 valence electrons. The first-order valence-electron chi connectivity index (χ1n) is 13.8. The number of anilines is 1. The van der Waals surface area contributed by atoms with Crippen molar-refractivity contribution in [3.05, 3.63) is 82.4 Å². The molecule has 1 unspecified atom stereocenters. The molecule has 0 aliphatic carbocycles. The Hall–Kier alpha value is -4.37. The van der Waals surface area contributed by atoms with Gasteiger partial charge in [0.1, 0.15) is 11.5 Å². The summed E-state index contributed by atoms with van der Waals surface area (Å²) in [5.74, 6) is 0.123. The lowest BCUT2D eigenvalue weighted by atomic mass is 9.95. The Kier molecular flexibility index (Phi) is 8.22. The molecular weight excluding hydrogens is 552 g/mol. The highest BCUT2D eigenvalue weighted by molar-refractivity contribution is 7.22. The maximum atomic E-state index is 13.7. The van der Waals surface area contributed by atoms with Gasteiger partial charge in [0.2, 0.25) is 0 Å². The summed E-state index contributed by atoms with van der Waals surface area (Å²) in [7, 11) is 3.06. The number of carbonyl (C=O) groups excluding carboxylic acids is 2. The van der Waals surface area contributed by atoms with Gasteiger partial charge < -0.3 is 19.3 Å². The van der Waals surface area contributed by atoms with E-state index in [9.17, 15) is 14.7 Å². The Morgan fingerprint density at radius 1 is 1.02 bits per heavy atom. The molecule has 0 radical (unpaired) electrons. The van der Waals surface area contributed by atoms with Crippen molar-refractivity contribution in [2.45, 2.75) is 40.2 Å². The topological polar surface area (TPSA) is 98.2 Å². The average molecular weight is 587 g/mol. The summed E-state index contributed by atoms with van der Waals surface area (Å²) in [5.41, 5.74) is 3.69.